The molecular weight excluding hydrogens is 378 g/mol. The number of amidine groups is 1. The first kappa shape index (κ1) is 18.6. The van der Waals surface area contributed by atoms with Crippen molar-refractivity contribution in [2.24, 2.45) is 10.7 Å². The Morgan fingerprint density at radius 1 is 1.07 bits per heavy atom. The van der Waals surface area contributed by atoms with Crippen molar-refractivity contribution in [3.63, 3.8) is 0 Å². The van der Waals surface area contributed by atoms with Gasteiger partial charge in [0.15, 0.2) is 5.54 Å². The van der Waals surface area contributed by atoms with Crippen LogP contribution in [0.25, 0.3) is 11.1 Å². The number of aromatic nitrogens is 1. The summed E-state index contributed by atoms with van der Waals surface area (Å²) in [5, 5.41) is 10.3. The molecule has 1 spiro atoms. The molecule has 5 rings (SSSR count). The predicted octanol–water partition coefficient (Wildman–Crippen LogP) is 3.76. The van der Waals surface area contributed by atoms with Crippen molar-refractivity contribution >= 4 is 6.02 Å². The molecule has 0 saturated heterocycles. The minimum atomic E-state index is -0.823. The van der Waals surface area contributed by atoms with Gasteiger partial charge in [-0.2, -0.15) is 0 Å². The third-order valence-electron chi connectivity index (χ3n) is 5.50. The van der Waals surface area contributed by atoms with Crippen molar-refractivity contribution in [1.29, 1.82) is 0 Å². The number of fused-ring (bicyclic) bond motifs is 4. The predicted molar refractivity (Wildman–Crippen MR) is 115 cm³/mol. The highest BCUT2D eigenvalue weighted by molar-refractivity contribution is 5.78. The number of hydrogen-bond donors (Lipinski definition) is 2. The van der Waals surface area contributed by atoms with Crippen LogP contribution in [0.3, 0.4) is 0 Å². The lowest BCUT2D eigenvalue weighted by Gasteiger charge is -2.34. The molecule has 30 heavy (non-hydrogen) atoms. The van der Waals surface area contributed by atoms with Crippen LogP contribution in [0.5, 0.6) is 11.5 Å². The molecule has 0 saturated carbocycles. The van der Waals surface area contributed by atoms with Crippen LogP contribution in [0, 0.1) is 0 Å². The van der Waals surface area contributed by atoms with E-state index in [1.165, 1.54) is 0 Å². The quantitative estimate of drug-likeness (QED) is 0.698. The van der Waals surface area contributed by atoms with E-state index in [-0.39, 0.29) is 6.02 Å². The molecule has 2 aliphatic rings. The Kier molecular flexibility index (Phi) is 4.08. The van der Waals surface area contributed by atoms with Gasteiger partial charge in [0.05, 0.1) is 5.60 Å². The van der Waals surface area contributed by atoms with Crippen LogP contribution in [-0.2, 0) is 16.7 Å². The van der Waals surface area contributed by atoms with E-state index in [0.29, 0.717) is 13.0 Å². The number of ether oxygens (including phenoxy) is 2. The molecule has 0 fully saturated rings. The van der Waals surface area contributed by atoms with Crippen molar-refractivity contribution in [2.45, 2.75) is 31.4 Å². The molecular formula is C24H23N3O3. The van der Waals surface area contributed by atoms with E-state index >= 15 is 0 Å². The van der Waals surface area contributed by atoms with Gasteiger partial charge in [-0.1, -0.05) is 18.2 Å². The van der Waals surface area contributed by atoms with Gasteiger partial charge in [0.1, 0.15) is 18.1 Å². The zero-order valence-corrected chi connectivity index (χ0v) is 16.9. The average Bonchev–Trinajstić information content (AvgIpc) is 3.10. The topological polar surface area (TPSA) is 90.0 Å². The normalized spacial score (nSPS) is 19.5. The van der Waals surface area contributed by atoms with E-state index in [9.17, 15) is 5.11 Å². The zero-order chi connectivity index (χ0) is 20.9. The van der Waals surface area contributed by atoms with E-state index in [1.54, 1.807) is 20.0 Å². The highest BCUT2D eigenvalue weighted by Gasteiger charge is 2.47. The van der Waals surface area contributed by atoms with Crippen LogP contribution in [0.2, 0.25) is 0 Å². The number of benzene rings is 2. The third-order valence-corrected chi connectivity index (χ3v) is 5.50. The number of aliphatic imine (C=N–C) groups is 1. The van der Waals surface area contributed by atoms with Gasteiger partial charge in [-0.25, -0.2) is 4.99 Å². The van der Waals surface area contributed by atoms with E-state index in [1.807, 2.05) is 48.7 Å². The fourth-order valence-corrected chi connectivity index (χ4v) is 4.22. The summed E-state index contributed by atoms with van der Waals surface area (Å²) in [7, 11) is 0. The Morgan fingerprint density at radius 3 is 2.50 bits per heavy atom. The summed E-state index contributed by atoms with van der Waals surface area (Å²) in [6.45, 7) is 3.89. The molecule has 0 amide bonds. The van der Waals surface area contributed by atoms with Crippen LogP contribution < -0.4 is 10.5 Å². The number of pyridine rings is 1. The summed E-state index contributed by atoms with van der Waals surface area (Å²) < 4.78 is 11.9. The Labute approximate surface area is 175 Å². The molecule has 1 aromatic heterocycles. The van der Waals surface area contributed by atoms with Crippen LogP contribution in [0.1, 0.15) is 30.5 Å². The molecule has 3 heterocycles. The minimum Gasteiger partial charge on any atom is -0.462 e. The second-order valence-electron chi connectivity index (χ2n) is 8.47. The molecule has 0 aliphatic carbocycles. The summed E-state index contributed by atoms with van der Waals surface area (Å²) in [5.41, 5.74) is 9.18. The van der Waals surface area contributed by atoms with Gasteiger partial charge >= 0.3 is 0 Å². The molecule has 152 valence electrons. The zero-order valence-electron chi connectivity index (χ0n) is 16.9. The van der Waals surface area contributed by atoms with Crippen LogP contribution in [0.15, 0.2) is 65.9 Å². The van der Waals surface area contributed by atoms with Gasteiger partial charge in [-0.3, -0.25) is 4.98 Å². The van der Waals surface area contributed by atoms with Gasteiger partial charge in [0.2, 0.25) is 0 Å². The number of nitrogens with two attached hydrogens (primary N) is 1. The van der Waals surface area contributed by atoms with Crippen LogP contribution >= 0.6 is 0 Å². The maximum absolute atomic E-state index is 10.3. The lowest BCUT2D eigenvalue weighted by atomic mass is 9.79. The van der Waals surface area contributed by atoms with E-state index < -0.39 is 11.1 Å². The average molecular weight is 401 g/mol. The molecule has 3 aromatic rings. The highest BCUT2D eigenvalue weighted by atomic mass is 16.5. The monoisotopic (exact) mass is 401 g/mol. The fourth-order valence-electron chi connectivity index (χ4n) is 4.22. The third kappa shape index (κ3) is 3.09. The molecule has 0 unspecified atom stereocenters. The lowest BCUT2D eigenvalue weighted by molar-refractivity contribution is 0.0809. The van der Waals surface area contributed by atoms with Crippen molar-refractivity contribution < 1.29 is 14.6 Å². The van der Waals surface area contributed by atoms with E-state index in [2.05, 4.69) is 11.1 Å². The first-order valence-electron chi connectivity index (χ1n) is 9.91. The van der Waals surface area contributed by atoms with Gasteiger partial charge in [0, 0.05) is 35.5 Å². The number of aliphatic hydroxyl groups is 1. The van der Waals surface area contributed by atoms with Crippen molar-refractivity contribution in [3.8, 4) is 22.6 Å². The van der Waals surface area contributed by atoms with Gasteiger partial charge in [-0.05, 0) is 55.3 Å². The Morgan fingerprint density at radius 2 is 1.83 bits per heavy atom. The Bertz CT molecular complexity index is 1150. The first-order chi connectivity index (χ1) is 14.3. The Hall–Kier alpha value is -3.38. The minimum absolute atomic E-state index is 0.161. The molecule has 3 N–H and O–H groups in total. The molecule has 0 bridgehead atoms. The summed E-state index contributed by atoms with van der Waals surface area (Å²) >= 11 is 0. The van der Waals surface area contributed by atoms with E-state index in [4.69, 9.17) is 20.2 Å². The molecule has 2 aliphatic heterocycles. The van der Waals surface area contributed by atoms with Crippen LogP contribution in [-0.4, -0.2) is 28.3 Å². The molecule has 6 heteroatoms. The van der Waals surface area contributed by atoms with Crippen molar-refractivity contribution in [3.05, 3.63) is 77.6 Å². The van der Waals surface area contributed by atoms with Gasteiger partial charge < -0.3 is 20.3 Å². The first-order valence-corrected chi connectivity index (χ1v) is 9.91. The number of rotatable bonds is 3. The SMILES string of the molecule is CC(C)(O)Cc1ccc2c(c1)[C@]1(COC(N)=N1)c1cc(-c3cccnc3)ccc1O2. The standard InChI is InChI=1S/C24H23N3O3/c1-23(2,28)12-15-5-7-20-18(10-15)24(14-29-22(25)27-24)19-11-16(6-8-21(19)30-20)17-4-3-9-26-13-17/h3-11,13,28H,12,14H2,1-2H3,(H2,25,27)/t24-/m1/s1. The molecule has 2 aromatic carbocycles. The van der Waals surface area contributed by atoms with Gasteiger partial charge in [-0.15, -0.1) is 0 Å². The van der Waals surface area contributed by atoms with Crippen LogP contribution in [0.4, 0.5) is 0 Å². The lowest BCUT2D eigenvalue weighted by Crippen LogP contribution is -2.31. The van der Waals surface area contributed by atoms with Crippen molar-refractivity contribution in [1.82, 2.24) is 4.98 Å². The number of hydrogen-bond acceptors (Lipinski definition) is 6. The second kappa shape index (κ2) is 6.57. The summed E-state index contributed by atoms with van der Waals surface area (Å²) in [6.07, 6.45) is 4.10. The van der Waals surface area contributed by atoms with Gasteiger partial charge in [0.25, 0.3) is 6.02 Å². The summed E-state index contributed by atoms with van der Waals surface area (Å²) in [5.74, 6) is 1.45. The smallest absolute Gasteiger partial charge is 0.283 e. The summed E-state index contributed by atoms with van der Waals surface area (Å²) in [6, 6.07) is 16.1. The largest absolute Gasteiger partial charge is 0.462 e. The maximum Gasteiger partial charge on any atom is 0.283 e. The molecule has 6 nitrogen and oxygen atoms in total. The fraction of sp³-hybridized carbons (Fsp3) is 0.250. The van der Waals surface area contributed by atoms with Crippen molar-refractivity contribution in [2.75, 3.05) is 6.61 Å². The summed E-state index contributed by atoms with van der Waals surface area (Å²) in [4.78, 5) is 8.98. The van der Waals surface area contributed by atoms with E-state index in [0.717, 1.165) is 39.3 Å². The maximum atomic E-state index is 10.3. The highest BCUT2D eigenvalue weighted by Crippen LogP contribution is 2.51. The molecule has 1 atom stereocenters. The second-order valence-corrected chi connectivity index (χ2v) is 8.47. The Balaban J connectivity index is 1.68. The number of nitrogens with zero attached hydrogens (tertiary/aromatic N) is 2. The molecule has 0 radical (unpaired) electrons.